The van der Waals surface area contributed by atoms with Gasteiger partial charge in [-0.2, -0.15) is 0 Å². The molecule has 0 saturated carbocycles. The number of esters is 1. The van der Waals surface area contributed by atoms with Crippen molar-refractivity contribution in [3.05, 3.63) is 27.9 Å². The molecule has 8 heteroatoms. The molecule has 0 aromatic heterocycles. The predicted octanol–water partition coefficient (Wildman–Crippen LogP) is 3.72. The van der Waals surface area contributed by atoms with Crippen LogP contribution in [0.1, 0.15) is 12.5 Å². The number of hydrogen-bond donors (Lipinski definition) is 0. The standard InChI is InChI=1S/C14H12BrNO4S2/c1-7(17)20-12-9(15)4-8(6-11(12)19-2)5-10-13(18)22-14(16-10)21-3/h4-6H,1-3H3/b10-5+. The average Bonchev–Trinajstić information content (AvgIpc) is 2.81. The Labute approximate surface area is 144 Å². The summed E-state index contributed by atoms with van der Waals surface area (Å²) < 4.78 is 11.6. The topological polar surface area (TPSA) is 65.0 Å². The SMILES string of the molecule is COc1cc(/C=C2/N=C(SC)SC2=O)cc(Br)c1OC(C)=O. The highest BCUT2D eigenvalue weighted by atomic mass is 79.9. The number of halogens is 1. The van der Waals surface area contributed by atoms with E-state index in [1.165, 1.54) is 25.8 Å². The number of thioether (sulfide) groups is 2. The van der Waals surface area contributed by atoms with Crippen molar-refractivity contribution in [3.63, 3.8) is 0 Å². The molecular formula is C14H12BrNO4S2. The van der Waals surface area contributed by atoms with E-state index >= 15 is 0 Å². The van der Waals surface area contributed by atoms with Gasteiger partial charge in [0.2, 0.25) is 5.12 Å². The van der Waals surface area contributed by atoms with Crippen LogP contribution in [0.5, 0.6) is 11.5 Å². The molecule has 0 saturated heterocycles. The molecule has 0 spiro atoms. The molecule has 0 unspecified atom stereocenters. The highest BCUT2D eigenvalue weighted by Gasteiger charge is 2.22. The number of hydrogen-bond acceptors (Lipinski definition) is 7. The summed E-state index contributed by atoms with van der Waals surface area (Å²) >= 11 is 5.88. The van der Waals surface area contributed by atoms with Crippen LogP contribution in [0.4, 0.5) is 0 Å². The maximum absolute atomic E-state index is 11.9. The fourth-order valence-electron chi connectivity index (χ4n) is 1.70. The van der Waals surface area contributed by atoms with Crippen molar-refractivity contribution in [2.75, 3.05) is 13.4 Å². The molecule has 1 aromatic carbocycles. The summed E-state index contributed by atoms with van der Waals surface area (Å²) in [6, 6.07) is 3.42. The van der Waals surface area contributed by atoms with Crippen molar-refractivity contribution in [3.8, 4) is 11.5 Å². The van der Waals surface area contributed by atoms with Crippen LogP contribution in [0.15, 0.2) is 27.3 Å². The lowest BCUT2D eigenvalue weighted by atomic mass is 10.1. The normalized spacial score (nSPS) is 15.9. The van der Waals surface area contributed by atoms with Gasteiger partial charge in [0.15, 0.2) is 11.5 Å². The highest BCUT2D eigenvalue weighted by molar-refractivity contribution is 9.10. The molecule has 0 N–H and O–H groups in total. The molecule has 5 nitrogen and oxygen atoms in total. The summed E-state index contributed by atoms with van der Waals surface area (Å²) in [7, 11) is 1.48. The predicted molar refractivity (Wildman–Crippen MR) is 93.5 cm³/mol. The fraction of sp³-hybridized carbons (Fsp3) is 0.214. The summed E-state index contributed by atoms with van der Waals surface area (Å²) in [5.41, 5.74) is 1.10. The van der Waals surface area contributed by atoms with Crippen LogP contribution in [0, 0.1) is 0 Å². The molecule has 2 rings (SSSR count). The Hall–Kier alpha value is -1.25. The van der Waals surface area contributed by atoms with Crippen molar-refractivity contribution < 1.29 is 19.1 Å². The molecular weight excluding hydrogens is 390 g/mol. The first kappa shape index (κ1) is 17.1. The van der Waals surface area contributed by atoms with E-state index in [4.69, 9.17) is 9.47 Å². The zero-order valence-corrected chi connectivity index (χ0v) is 15.2. The molecule has 1 heterocycles. The largest absolute Gasteiger partial charge is 0.493 e. The molecule has 1 aliphatic heterocycles. The molecule has 0 bridgehead atoms. The van der Waals surface area contributed by atoms with Crippen LogP contribution < -0.4 is 9.47 Å². The minimum atomic E-state index is -0.443. The summed E-state index contributed by atoms with van der Waals surface area (Å²) in [5, 5.41) is -0.0940. The first-order valence-electron chi connectivity index (χ1n) is 6.07. The Morgan fingerprint density at radius 3 is 2.73 bits per heavy atom. The van der Waals surface area contributed by atoms with Crippen LogP contribution >= 0.6 is 39.5 Å². The van der Waals surface area contributed by atoms with Gasteiger partial charge in [-0.05, 0) is 57.7 Å². The van der Waals surface area contributed by atoms with E-state index in [2.05, 4.69) is 20.9 Å². The van der Waals surface area contributed by atoms with Gasteiger partial charge in [0.05, 0.1) is 11.6 Å². The van der Waals surface area contributed by atoms with E-state index in [0.29, 0.717) is 21.7 Å². The van der Waals surface area contributed by atoms with Crippen molar-refractivity contribution in [2.24, 2.45) is 4.99 Å². The van der Waals surface area contributed by atoms with Gasteiger partial charge in [-0.25, -0.2) is 4.99 Å². The van der Waals surface area contributed by atoms with E-state index in [9.17, 15) is 9.59 Å². The Balaban J connectivity index is 2.41. The quantitative estimate of drug-likeness (QED) is 0.436. The number of aliphatic imine (C=N–C) groups is 1. The summed E-state index contributed by atoms with van der Waals surface area (Å²) in [6.45, 7) is 1.31. The van der Waals surface area contributed by atoms with Gasteiger partial charge < -0.3 is 9.47 Å². The third kappa shape index (κ3) is 3.93. The van der Waals surface area contributed by atoms with Crippen LogP contribution in [0.25, 0.3) is 6.08 Å². The Morgan fingerprint density at radius 2 is 2.18 bits per heavy atom. The maximum atomic E-state index is 11.9. The van der Waals surface area contributed by atoms with E-state index < -0.39 is 5.97 Å². The number of rotatable bonds is 3. The summed E-state index contributed by atoms with van der Waals surface area (Å²) in [5.74, 6) is 0.253. The third-order valence-electron chi connectivity index (χ3n) is 2.58. The van der Waals surface area contributed by atoms with E-state index in [-0.39, 0.29) is 5.12 Å². The van der Waals surface area contributed by atoms with Crippen LogP contribution in [-0.2, 0) is 9.59 Å². The first-order valence-corrected chi connectivity index (χ1v) is 8.90. The van der Waals surface area contributed by atoms with Crippen molar-refractivity contribution in [2.45, 2.75) is 6.92 Å². The van der Waals surface area contributed by atoms with E-state index in [1.807, 2.05) is 6.26 Å². The lowest BCUT2D eigenvalue weighted by Crippen LogP contribution is -2.04. The number of benzene rings is 1. The average molecular weight is 402 g/mol. The highest BCUT2D eigenvalue weighted by Crippen LogP contribution is 2.38. The van der Waals surface area contributed by atoms with Crippen molar-refractivity contribution in [1.29, 1.82) is 0 Å². The summed E-state index contributed by atoms with van der Waals surface area (Å²) in [6.07, 6.45) is 3.54. The van der Waals surface area contributed by atoms with Crippen molar-refractivity contribution in [1.82, 2.24) is 0 Å². The van der Waals surface area contributed by atoms with E-state index in [0.717, 1.165) is 21.7 Å². The maximum Gasteiger partial charge on any atom is 0.308 e. The zero-order chi connectivity index (χ0) is 16.3. The van der Waals surface area contributed by atoms with Gasteiger partial charge in [0.1, 0.15) is 10.1 Å². The monoisotopic (exact) mass is 401 g/mol. The van der Waals surface area contributed by atoms with Crippen LogP contribution in [-0.4, -0.2) is 28.8 Å². The smallest absolute Gasteiger partial charge is 0.308 e. The first-order chi connectivity index (χ1) is 10.4. The molecule has 22 heavy (non-hydrogen) atoms. The van der Waals surface area contributed by atoms with Gasteiger partial charge >= 0.3 is 5.97 Å². The van der Waals surface area contributed by atoms with Gasteiger partial charge in [-0.3, -0.25) is 9.59 Å². The number of carbonyl (C=O) groups is 2. The third-order valence-corrected chi connectivity index (χ3v) is 5.02. The number of methoxy groups -OCH3 is 1. The second kappa shape index (κ2) is 7.34. The van der Waals surface area contributed by atoms with Gasteiger partial charge in [-0.1, -0.05) is 0 Å². The van der Waals surface area contributed by atoms with Crippen LogP contribution in [0.2, 0.25) is 0 Å². The molecule has 1 aliphatic rings. The van der Waals surface area contributed by atoms with E-state index in [1.54, 1.807) is 18.2 Å². The molecule has 0 aliphatic carbocycles. The Bertz CT molecular complexity index is 700. The van der Waals surface area contributed by atoms with Crippen molar-refractivity contribution >= 4 is 61.0 Å². The molecule has 0 radical (unpaired) electrons. The minimum Gasteiger partial charge on any atom is -0.493 e. The van der Waals surface area contributed by atoms with Gasteiger partial charge in [-0.15, -0.1) is 11.8 Å². The summed E-state index contributed by atoms with van der Waals surface area (Å²) in [4.78, 5) is 27.2. The second-order valence-corrected chi connectivity index (χ2v) is 7.00. The number of nitrogens with zero attached hydrogens (tertiary/aromatic N) is 1. The Kier molecular flexibility index (Phi) is 5.71. The number of carbonyl (C=O) groups excluding carboxylic acids is 2. The Morgan fingerprint density at radius 1 is 1.45 bits per heavy atom. The molecule has 0 amide bonds. The van der Waals surface area contributed by atoms with Gasteiger partial charge in [0.25, 0.3) is 0 Å². The molecule has 1 aromatic rings. The number of ether oxygens (including phenoxy) is 2. The second-order valence-electron chi connectivity index (χ2n) is 4.13. The zero-order valence-electron chi connectivity index (χ0n) is 12.0. The molecule has 0 fully saturated rings. The molecule has 116 valence electrons. The minimum absolute atomic E-state index is 0.0940. The fourth-order valence-corrected chi connectivity index (χ4v) is 3.50. The molecule has 0 atom stereocenters. The van der Waals surface area contributed by atoms with Crippen LogP contribution in [0.3, 0.4) is 0 Å². The lowest BCUT2D eigenvalue weighted by molar-refractivity contribution is -0.132. The van der Waals surface area contributed by atoms with Gasteiger partial charge in [0, 0.05) is 6.92 Å². The lowest BCUT2D eigenvalue weighted by Gasteiger charge is -2.11.